The van der Waals surface area contributed by atoms with Crippen LogP contribution in [0.15, 0.2) is 42.6 Å². The molecule has 0 saturated heterocycles. The molecule has 0 saturated carbocycles. The summed E-state index contributed by atoms with van der Waals surface area (Å²) in [6.45, 7) is 2.81. The van der Waals surface area contributed by atoms with Crippen LogP contribution in [0.3, 0.4) is 0 Å². The van der Waals surface area contributed by atoms with Crippen LogP contribution in [0.2, 0.25) is 0 Å². The molecule has 1 aromatic heterocycles. The van der Waals surface area contributed by atoms with Gasteiger partial charge in [-0.2, -0.15) is 0 Å². The third kappa shape index (κ3) is 2.74. The fourth-order valence-corrected chi connectivity index (χ4v) is 1.94. The Hall–Kier alpha value is -1.61. The van der Waals surface area contributed by atoms with E-state index in [0.717, 1.165) is 5.56 Å². The number of hydrogen-bond acceptors (Lipinski definition) is 1. The molecule has 2 nitrogen and oxygen atoms in total. The number of halogens is 1. The van der Waals surface area contributed by atoms with Gasteiger partial charge in [0, 0.05) is 24.5 Å². The zero-order chi connectivity index (χ0) is 12.3. The average Bonchev–Trinajstić information content (AvgIpc) is 2.76. The van der Waals surface area contributed by atoms with Crippen molar-refractivity contribution in [3.63, 3.8) is 0 Å². The number of benzene rings is 1. The molecule has 0 bridgehead atoms. The van der Waals surface area contributed by atoms with Crippen molar-refractivity contribution in [1.29, 1.82) is 0 Å². The van der Waals surface area contributed by atoms with Crippen molar-refractivity contribution in [3.8, 4) is 0 Å². The molecule has 0 fully saturated rings. The molecule has 0 amide bonds. The van der Waals surface area contributed by atoms with E-state index >= 15 is 0 Å². The molecule has 0 aliphatic rings. The smallest absolute Gasteiger partial charge is 0.123 e. The molecule has 0 spiro atoms. The first-order valence-electron chi connectivity index (χ1n) is 5.77. The average molecular weight is 232 g/mol. The molecule has 3 heteroatoms. The molecule has 1 unspecified atom stereocenters. The number of hydrogen-bond donors (Lipinski definition) is 1. The molecule has 1 aromatic carbocycles. The number of aromatic nitrogens is 1. The summed E-state index contributed by atoms with van der Waals surface area (Å²) < 4.78 is 15.2. The predicted molar refractivity (Wildman–Crippen MR) is 67.4 cm³/mol. The Labute approximate surface area is 101 Å². The molecule has 17 heavy (non-hydrogen) atoms. The van der Waals surface area contributed by atoms with Crippen molar-refractivity contribution >= 4 is 0 Å². The maximum absolute atomic E-state index is 13.1. The van der Waals surface area contributed by atoms with Crippen molar-refractivity contribution in [2.45, 2.75) is 19.5 Å². The van der Waals surface area contributed by atoms with E-state index in [2.05, 4.69) is 22.9 Å². The minimum absolute atomic E-state index is 0.183. The Morgan fingerprint density at radius 2 is 2.12 bits per heavy atom. The van der Waals surface area contributed by atoms with Gasteiger partial charge in [-0.25, -0.2) is 4.39 Å². The lowest BCUT2D eigenvalue weighted by Crippen LogP contribution is -2.16. The molecule has 2 rings (SSSR count). The fraction of sp³-hybridized carbons (Fsp3) is 0.286. The van der Waals surface area contributed by atoms with Gasteiger partial charge in [-0.3, -0.25) is 0 Å². The highest BCUT2D eigenvalue weighted by molar-refractivity contribution is 5.19. The highest BCUT2D eigenvalue weighted by Gasteiger charge is 2.08. The van der Waals surface area contributed by atoms with Crippen molar-refractivity contribution in [1.82, 2.24) is 9.88 Å². The van der Waals surface area contributed by atoms with Crippen LogP contribution in [-0.4, -0.2) is 11.6 Å². The molecule has 0 aliphatic carbocycles. The first-order chi connectivity index (χ1) is 8.20. The highest BCUT2D eigenvalue weighted by atomic mass is 19.1. The van der Waals surface area contributed by atoms with E-state index in [-0.39, 0.29) is 5.82 Å². The first-order valence-corrected chi connectivity index (χ1v) is 5.77. The third-order valence-electron chi connectivity index (χ3n) is 2.98. The summed E-state index contributed by atoms with van der Waals surface area (Å²) in [5.41, 5.74) is 2.18. The van der Waals surface area contributed by atoms with E-state index in [1.807, 2.05) is 25.4 Å². The lowest BCUT2D eigenvalue weighted by atomic mass is 10.2. The lowest BCUT2D eigenvalue weighted by Gasteiger charge is -2.15. The third-order valence-corrected chi connectivity index (χ3v) is 2.98. The SMILES string of the molecule is CNC(C)c1cccn1Cc1cccc(F)c1. The Morgan fingerprint density at radius 3 is 2.82 bits per heavy atom. The van der Waals surface area contributed by atoms with Gasteiger partial charge in [-0.1, -0.05) is 12.1 Å². The lowest BCUT2D eigenvalue weighted by molar-refractivity contribution is 0.586. The predicted octanol–water partition coefficient (Wildman–Crippen LogP) is 2.96. The van der Waals surface area contributed by atoms with Crippen LogP contribution in [0.5, 0.6) is 0 Å². The van der Waals surface area contributed by atoms with Gasteiger partial charge in [-0.15, -0.1) is 0 Å². The zero-order valence-corrected chi connectivity index (χ0v) is 10.2. The monoisotopic (exact) mass is 232 g/mol. The van der Waals surface area contributed by atoms with Gasteiger partial charge < -0.3 is 9.88 Å². The van der Waals surface area contributed by atoms with Crippen LogP contribution in [-0.2, 0) is 6.54 Å². The molecule has 1 N–H and O–H groups in total. The van der Waals surface area contributed by atoms with Crippen molar-refractivity contribution < 1.29 is 4.39 Å². The summed E-state index contributed by atoms with van der Waals surface area (Å²) in [6, 6.07) is 11.1. The topological polar surface area (TPSA) is 17.0 Å². The second-order valence-electron chi connectivity index (χ2n) is 4.20. The van der Waals surface area contributed by atoms with Crippen LogP contribution >= 0.6 is 0 Å². The van der Waals surface area contributed by atoms with Crippen molar-refractivity contribution in [2.24, 2.45) is 0 Å². The first kappa shape index (κ1) is 11.9. The quantitative estimate of drug-likeness (QED) is 0.857. The molecule has 90 valence electrons. The van der Waals surface area contributed by atoms with Gasteiger partial charge >= 0.3 is 0 Å². The Balaban J connectivity index is 2.22. The fourth-order valence-electron chi connectivity index (χ4n) is 1.94. The van der Waals surface area contributed by atoms with Gasteiger partial charge in [0.25, 0.3) is 0 Å². The minimum Gasteiger partial charge on any atom is -0.346 e. The van der Waals surface area contributed by atoms with Crippen LogP contribution in [0.4, 0.5) is 4.39 Å². The number of rotatable bonds is 4. The normalized spacial score (nSPS) is 12.6. The Bertz CT molecular complexity index is 490. The van der Waals surface area contributed by atoms with E-state index in [4.69, 9.17) is 0 Å². The minimum atomic E-state index is -0.183. The van der Waals surface area contributed by atoms with Gasteiger partial charge in [0.1, 0.15) is 5.82 Å². The van der Waals surface area contributed by atoms with Gasteiger partial charge in [-0.05, 0) is 43.8 Å². The van der Waals surface area contributed by atoms with E-state index < -0.39 is 0 Å². The highest BCUT2D eigenvalue weighted by Crippen LogP contribution is 2.15. The Morgan fingerprint density at radius 1 is 1.29 bits per heavy atom. The molecular weight excluding hydrogens is 215 g/mol. The van der Waals surface area contributed by atoms with Crippen LogP contribution < -0.4 is 5.32 Å². The summed E-state index contributed by atoms with van der Waals surface area (Å²) in [6.07, 6.45) is 2.02. The van der Waals surface area contributed by atoms with Crippen LogP contribution in [0, 0.1) is 5.82 Å². The molecule has 1 heterocycles. The summed E-state index contributed by atoms with van der Waals surface area (Å²) in [7, 11) is 1.93. The van der Waals surface area contributed by atoms with E-state index in [9.17, 15) is 4.39 Å². The number of nitrogens with one attached hydrogen (secondary N) is 1. The molecule has 0 aliphatic heterocycles. The van der Waals surface area contributed by atoms with Crippen LogP contribution in [0.1, 0.15) is 24.2 Å². The summed E-state index contributed by atoms with van der Waals surface area (Å²) >= 11 is 0. The second kappa shape index (κ2) is 5.15. The molecule has 2 aromatic rings. The number of nitrogens with zero attached hydrogens (tertiary/aromatic N) is 1. The zero-order valence-electron chi connectivity index (χ0n) is 10.2. The van der Waals surface area contributed by atoms with Gasteiger partial charge in [0.15, 0.2) is 0 Å². The standard InChI is InChI=1S/C14H17FN2/c1-11(16-2)14-7-4-8-17(14)10-12-5-3-6-13(15)9-12/h3-9,11,16H,10H2,1-2H3. The van der Waals surface area contributed by atoms with Crippen molar-refractivity contribution in [2.75, 3.05) is 7.05 Å². The molecule has 1 atom stereocenters. The maximum atomic E-state index is 13.1. The van der Waals surface area contributed by atoms with E-state index in [1.165, 1.54) is 11.8 Å². The summed E-state index contributed by atoms with van der Waals surface area (Å²) in [5.74, 6) is -0.183. The van der Waals surface area contributed by atoms with E-state index in [0.29, 0.717) is 12.6 Å². The summed E-state index contributed by atoms with van der Waals surface area (Å²) in [5, 5.41) is 3.21. The summed E-state index contributed by atoms with van der Waals surface area (Å²) in [4.78, 5) is 0. The largest absolute Gasteiger partial charge is 0.346 e. The van der Waals surface area contributed by atoms with Gasteiger partial charge in [0.05, 0.1) is 0 Å². The molecular formula is C14H17FN2. The van der Waals surface area contributed by atoms with E-state index in [1.54, 1.807) is 12.1 Å². The Kier molecular flexibility index (Phi) is 3.59. The van der Waals surface area contributed by atoms with Crippen molar-refractivity contribution in [3.05, 3.63) is 59.7 Å². The molecule has 0 radical (unpaired) electrons. The van der Waals surface area contributed by atoms with Gasteiger partial charge in [0.2, 0.25) is 0 Å². The second-order valence-corrected chi connectivity index (χ2v) is 4.20. The maximum Gasteiger partial charge on any atom is 0.123 e. The van der Waals surface area contributed by atoms with Crippen LogP contribution in [0.25, 0.3) is 0 Å².